The molecule has 0 aliphatic rings. The van der Waals surface area contributed by atoms with E-state index in [2.05, 4.69) is 0 Å². The molecule has 0 bridgehead atoms. The van der Waals surface area contributed by atoms with Crippen LogP contribution in [-0.2, 0) is 18.9 Å². The van der Waals surface area contributed by atoms with E-state index in [0.29, 0.717) is 0 Å². The van der Waals surface area contributed by atoms with Gasteiger partial charge in [-0.2, -0.15) is 0 Å². The lowest BCUT2D eigenvalue weighted by Gasteiger charge is -2.17. The third kappa shape index (κ3) is 3.02. The number of rotatable bonds is 6. The molecule has 1 rings (SSSR count). The molecule has 0 unspecified atom stereocenters. The third-order valence-electron chi connectivity index (χ3n) is 2.31. The first-order valence-electron chi connectivity index (χ1n) is 4.97. The van der Waals surface area contributed by atoms with Gasteiger partial charge in [-0.25, -0.2) is 0 Å². The van der Waals surface area contributed by atoms with Crippen molar-refractivity contribution in [3.8, 4) is 0 Å². The fraction of sp³-hybridized carbons (Fsp3) is 0.500. The normalized spacial score (nSPS) is 11.4. The van der Waals surface area contributed by atoms with Crippen molar-refractivity contribution in [2.75, 3.05) is 28.4 Å². The van der Waals surface area contributed by atoms with Gasteiger partial charge in [-0.3, -0.25) is 0 Å². The standard InChI is InChI=1S/C12H18O4/c1-13-11(14-2)9-6-5-7-10(8-9)12(15-3)16-4/h5-8,11-12H,1-4H3. The molecule has 0 spiro atoms. The molecule has 0 amide bonds. The zero-order chi connectivity index (χ0) is 12.0. The molecule has 1 aromatic carbocycles. The van der Waals surface area contributed by atoms with Crippen LogP contribution in [-0.4, -0.2) is 28.4 Å². The van der Waals surface area contributed by atoms with Crippen LogP contribution in [0.1, 0.15) is 23.7 Å². The van der Waals surface area contributed by atoms with E-state index in [9.17, 15) is 0 Å². The minimum absolute atomic E-state index is 0.366. The van der Waals surface area contributed by atoms with Crippen molar-refractivity contribution in [1.29, 1.82) is 0 Å². The van der Waals surface area contributed by atoms with Crippen molar-refractivity contribution in [3.63, 3.8) is 0 Å². The highest BCUT2D eigenvalue weighted by molar-refractivity contribution is 5.25. The van der Waals surface area contributed by atoms with Crippen LogP contribution in [0.5, 0.6) is 0 Å². The van der Waals surface area contributed by atoms with Gasteiger partial charge in [0.2, 0.25) is 0 Å². The summed E-state index contributed by atoms with van der Waals surface area (Å²) in [4.78, 5) is 0. The van der Waals surface area contributed by atoms with E-state index in [1.807, 2.05) is 24.3 Å². The molecule has 16 heavy (non-hydrogen) atoms. The maximum absolute atomic E-state index is 5.18. The molecule has 0 N–H and O–H groups in total. The van der Waals surface area contributed by atoms with Crippen LogP contribution < -0.4 is 0 Å². The molecule has 90 valence electrons. The highest BCUT2D eigenvalue weighted by Gasteiger charge is 2.13. The molecule has 0 aromatic heterocycles. The minimum Gasteiger partial charge on any atom is -0.352 e. The largest absolute Gasteiger partial charge is 0.352 e. The van der Waals surface area contributed by atoms with Gasteiger partial charge in [0.25, 0.3) is 0 Å². The monoisotopic (exact) mass is 226 g/mol. The van der Waals surface area contributed by atoms with E-state index in [0.717, 1.165) is 11.1 Å². The summed E-state index contributed by atoms with van der Waals surface area (Å²) >= 11 is 0. The van der Waals surface area contributed by atoms with Crippen molar-refractivity contribution < 1.29 is 18.9 Å². The summed E-state index contributed by atoms with van der Waals surface area (Å²) in [6.07, 6.45) is -0.733. The highest BCUT2D eigenvalue weighted by atomic mass is 16.7. The summed E-state index contributed by atoms with van der Waals surface area (Å²) < 4.78 is 20.7. The van der Waals surface area contributed by atoms with Crippen LogP contribution in [0.2, 0.25) is 0 Å². The number of methoxy groups -OCH3 is 4. The summed E-state index contributed by atoms with van der Waals surface area (Å²) in [6.45, 7) is 0. The Hall–Kier alpha value is -0.940. The second kappa shape index (κ2) is 6.60. The molecular formula is C12H18O4. The Bertz CT molecular complexity index is 278. The molecule has 0 aliphatic heterocycles. The third-order valence-corrected chi connectivity index (χ3v) is 2.31. The molecule has 0 fully saturated rings. The Kier molecular flexibility index (Phi) is 5.42. The molecule has 0 radical (unpaired) electrons. The van der Waals surface area contributed by atoms with E-state index in [1.165, 1.54) is 0 Å². The predicted molar refractivity (Wildman–Crippen MR) is 60.0 cm³/mol. The molecule has 4 nitrogen and oxygen atoms in total. The molecule has 0 atom stereocenters. The van der Waals surface area contributed by atoms with Gasteiger partial charge in [0.15, 0.2) is 12.6 Å². The smallest absolute Gasteiger partial charge is 0.183 e. The lowest BCUT2D eigenvalue weighted by atomic mass is 10.1. The SMILES string of the molecule is COC(OC)c1cccc(C(OC)OC)c1. The number of ether oxygens (including phenoxy) is 4. The second-order valence-corrected chi connectivity index (χ2v) is 3.28. The molecule has 0 aliphatic carbocycles. The topological polar surface area (TPSA) is 36.9 Å². The zero-order valence-electron chi connectivity index (χ0n) is 10.1. The maximum atomic E-state index is 5.18. The van der Waals surface area contributed by atoms with Crippen molar-refractivity contribution in [2.45, 2.75) is 12.6 Å². The van der Waals surface area contributed by atoms with Crippen molar-refractivity contribution >= 4 is 0 Å². The first-order valence-corrected chi connectivity index (χ1v) is 4.97. The van der Waals surface area contributed by atoms with Crippen LogP contribution in [0.4, 0.5) is 0 Å². The number of hydrogen-bond acceptors (Lipinski definition) is 4. The molecular weight excluding hydrogens is 208 g/mol. The Morgan fingerprint density at radius 1 is 0.750 bits per heavy atom. The maximum Gasteiger partial charge on any atom is 0.183 e. The fourth-order valence-corrected chi connectivity index (χ4v) is 1.59. The van der Waals surface area contributed by atoms with Gasteiger partial charge in [0.05, 0.1) is 0 Å². The van der Waals surface area contributed by atoms with Crippen LogP contribution >= 0.6 is 0 Å². The van der Waals surface area contributed by atoms with Gasteiger partial charge >= 0.3 is 0 Å². The van der Waals surface area contributed by atoms with E-state index in [4.69, 9.17) is 18.9 Å². The van der Waals surface area contributed by atoms with Crippen molar-refractivity contribution in [2.24, 2.45) is 0 Å². The summed E-state index contributed by atoms with van der Waals surface area (Å²) in [5.74, 6) is 0. The van der Waals surface area contributed by atoms with Crippen LogP contribution in [0, 0.1) is 0 Å². The number of hydrogen-bond donors (Lipinski definition) is 0. The highest BCUT2D eigenvalue weighted by Crippen LogP contribution is 2.23. The Morgan fingerprint density at radius 3 is 1.44 bits per heavy atom. The van der Waals surface area contributed by atoms with Crippen molar-refractivity contribution in [3.05, 3.63) is 35.4 Å². The van der Waals surface area contributed by atoms with Gasteiger partial charge < -0.3 is 18.9 Å². The van der Waals surface area contributed by atoms with E-state index in [-0.39, 0.29) is 12.6 Å². The van der Waals surface area contributed by atoms with Gasteiger partial charge in [-0.1, -0.05) is 18.2 Å². The number of benzene rings is 1. The summed E-state index contributed by atoms with van der Waals surface area (Å²) in [5.41, 5.74) is 1.86. The van der Waals surface area contributed by atoms with Crippen LogP contribution in [0.25, 0.3) is 0 Å². The lowest BCUT2D eigenvalue weighted by Crippen LogP contribution is -2.07. The molecule has 0 saturated heterocycles. The average Bonchev–Trinajstić information content (AvgIpc) is 2.33. The van der Waals surface area contributed by atoms with E-state index in [1.54, 1.807) is 28.4 Å². The predicted octanol–water partition coefficient (Wildman–Crippen LogP) is 2.27. The molecule has 4 heteroatoms. The van der Waals surface area contributed by atoms with Gasteiger partial charge in [-0.15, -0.1) is 0 Å². The van der Waals surface area contributed by atoms with Gasteiger partial charge in [-0.05, 0) is 6.07 Å². The molecule has 0 heterocycles. The van der Waals surface area contributed by atoms with E-state index >= 15 is 0 Å². The van der Waals surface area contributed by atoms with Gasteiger partial charge in [0, 0.05) is 39.6 Å². The quantitative estimate of drug-likeness (QED) is 0.697. The van der Waals surface area contributed by atoms with Gasteiger partial charge in [0.1, 0.15) is 0 Å². The summed E-state index contributed by atoms with van der Waals surface area (Å²) in [6, 6.07) is 7.73. The Balaban J connectivity index is 2.93. The van der Waals surface area contributed by atoms with E-state index < -0.39 is 0 Å². The second-order valence-electron chi connectivity index (χ2n) is 3.28. The lowest BCUT2D eigenvalue weighted by molar-refractivity contribution is -0.110. The Morgan fingerprint density at radius 2 is 1.12 bits per heavy atom. The first kappa shape index (κ1) is 13.1. The zero-order valence-corrected chi connectivity index (χ0v) is 10.1. The van der Waals surface area contributed by atoms with Crippen molar-refractivity contribution in [1.82, 2.24) is 0 Å². The Labute approximate surface area is 96.1 Å². The van der Waals surface area contributed by atoms with Crippen LogP contribution in [0.15, 0.2) is 24.3 Å². The fourth-order valence-electron chi connectivity index (χ4n) is 1.59. The summed E-state index contributed by atoms with van der Waals surface area (Å²) in [5, 5.41) is 0. The molecule has 1 aromatic rings. The van der Waals surface area contributed by atoms with Crippen LogP contribution in [0.3, 0.4) is 0 Å². The summed E-state index contributed by atoms with van der Waals surface area (Å²) in [7, 11) is 6.41. The molecule has 0 saturated carbocycles. The average molecular weight is 226 g/mol. The minimum atomic E-state index is -0.366. The first-order chi connectivity index (χ1) is 7.76.